The fraction of sp³-hybridized carbons (Fsp3) is 0.619. The molecule has 1 atom stereocenters. The molecule has 0 bridgehead atoms. The molecule has 1 saturated carbocycles. The SMILES string of the molecule is C[C@@H](C(=O)NC(=O)NC1CCCCC1)N1CCN(c2cccc(C(F)(F)F)c2)CC1. The van der Waals surface area contributed by atoms with Gasteiger partial charge in [-0.15, -0.1) is 0 Å². The highest BCUT2D eigenvalue weighted by molar-refractivity contribution is 5.96. The van der Waals surface area contributed by atoms with E-state index in [-0.39, 0.29) is 11.9 Å². The van der Waals surface area contributed by atoms with Gasteiger partial charge in [0.05, 0.1) is 11.6 Å². The number of amides is 3. The first-order valence-electron chi connectivity index (χ1n) is 10.5. The summed E-state index contributed by atoms with van der Waals surface area (Å²) in [5, 5.41) is 5.29. The first-order chi connectivity index (χ1) is 14.2. The Balaban J connectivity index is 1.48. The van der Waals surface area contributed by atoms with Crippen molar-refractivity contribution in [1.29, 1.82) is 0 Å². The van der Waals surface area contributed by atoms with E-state index in [0.717, 1.165) is 37.8 Å². The number of hydrogen-bond acceptors (Lipinski definition) is 4. The number of hydrogen-bond donors (Lipinski definition) is 2. The molecule has 0 radical (unpaired) electrons. The summed E-state index contributed by atoms with van der Waals surface area (Å²) < 4.78 is 38.8. The summed E-state index contributed by atoms with van der Waals surface area (Å²) in [7, 11) is 0. The smallest absolute Gasteiger partial charge is 0.369 e. The lowest BCUT2D eigenvalue weighted by Crippen LogP contribution is -2.56. The van der Waals surface area contributed by atoms with Crippen molar-refractivity contribution in [2.75, 3.05) is 31.1 Å². The molecule has 2 aliphatic rings. The largest absolute Gasteiger partial charge is 0.416 e. The van der Waals surface area contributed by atoms with Crippen LogP contribution in [0.15, 0.2) is 24.3 Å². The van der Waals surface area contributed by atoms with Crippen LogP contribution in [-0.4, -0.2) is 55.1 Å². The van der Waals surface area contributed by atoms with Crippen molar-refractivity contribution < 1.29 is 22.8 Å². The number of nitrogens with one attached hydrogen (secondary N) is 2. The Morgan fingerprint density at radius 3 is 2.37 bits per heavy atom. The third-order valence-corrected chi connectivity index (χ3v) is 5.96. The van der Waals surface area contributed by atoms with Gasteiger partial charge in [0.1, 0.15) is 0 Å². The molecule has 0 aromatic heterocycles. The summed E-state index contributed by atoms with van der Waals surface area (Å²) in [4.78, 5) is 28.4. The zero-order chi connectivity index (χ0) is 21.7. The topological polar surface area (TPSA) is 64.7 Å². The lowest BCUT2D eigenvalue weighted by atomic mass is 9.96. The summed E-state index contributed by atoms with van der Waals surface area (Å²) in [5.74, 6) is -0.365. The maximum atomic E-state index is 12.9. The van der Waals surface area contributed by atoms with E-state index in [1.807, 2.05) is 9.80 Å². The number of anilines is 1. The average Bonchev–Trinajstić information content (AvgIpc) is 2.73. The summed E-state index contributed by atoms with van der Waals surface area (Å²) in [6.07, 6.45) is 0.866. The number of halogens is 3. The Kier molecular flexibility index (Phi) is 7.23. The molecule has 9 heteroatoms. The fourth-order valence-corrected chi connectivity index (χ4v) is 4.10. The molecule has 6 nitrogen and oxygen atoms in total. The van der Waals surface area contributed by atoms with Gasteiger partial charge in [0.15, 0.2) is 0 Å². The molecule has 1 aromatic rings. The molecule has 2 fully saturated rings. The van der Waals surface area contributed by atoms with E-state index in [2.05, 4.69) is 10.6 Å². The van der Waals surface area contributed by atoms with Crippen molar-refractivity contribution in [1.82, 2.24) is 15.5 Å². The Labute approximate surface area is 174 Å². The highest BCUT2D eigenvalue weighted by atomic mass is 19.4. The van der Waals surface area contributed by atoms with Crippen molar-refractivity contribution in [3.63, 3.8) is 0 Å². The minimum absolute atomic E-state index is 0.123. The molecule has 3 rings (SSSR count). The summed E-state index contributed by atoms with van der Waals surface area (Å²) >= 11 is 0. The van der Waals surface area contributed by atoms with Crippen LogP contribution in [-0.2, 0) is 11.0 Å². The molecule has 0 unspecified atom stereocenters. The highest BCUT2D eigenvalue weighted by Gasteiger charge is 2.32. The van der Waals surface area contributed by atoms with Crippen LogP contribution >= 0.6 is 0 Å². The molecular weight excluding hydrogens is 397 g/mol. The van der Waals surface area contributed by atoms with E-state index in [0.29, 0.717) is 31.9 Å². The minimum atomic E-state index is -4.37. The molecule has 30 heavy (non-hydrogen) atoms. The third-order valence-electron chi connectivity index (χ3n) is 5.96. The van der Waals surface area contributed by atoms with E-state index in [9.17, 15) is 22.8 Å². The second kappa shape index (κ2) is 9.68. The van der Waals surface area contributed by atoms with E-state index < -0.39 is 23.8 Å². The number of benzene rings is 1. The van der Waals surface area contributed by atoms with Crippen molar-refractivity contribution in [2.45, 2.75) is 57.3 Å². The van der Waals surface area contributed by atoms with Crippen LogP contribution in [0.2, 0.25) is 0 Å². The van der Waals surface area contributed by atoms with Crippen LogP contribution in [0.1, 0.15) is 44.6 Å². The molecule has 1 heterocycles. The maximum Gasteiger partial charge on any atom is 0.416 e. The number of alkyl halides is 3. The molecule has 1 aliphatic heterocycles. The van der Waals surface area contributed by atoms with Gasteiger partial charge in [-0.25, -0.2) is 4.79 Å². The van der Waals surface area contributed by atoms with Crippen molar-refractivity contribution in [2.24, 2.45) is 0 Å². The van der Waals surface area contributed by atoms with Crippen LogP contribution in [0.3, 0.4) is 0 Å². The van der Waals surface area contributed by atoms with Gasteiger partial charge in [-0.1, -0.05) is 25.3 Å². The van der Waals surface area contributed by atoms with Crippen LogP contribution in [0.25, 0.3) is 0 Å². The molecule has 1 aliphatic carbocycles. The Morgan fingerprint density at radius 2 is 1.73 bits per heavy atom. The van der Waals surface area contributed by atoms with Crippen molar-refractivity contribution in [3.8, 4) is 0 Å². The molecule has 0 spiro atoms. The number of carbonyl (C=O) groups is 2. The zero-order valence-corrected chi connectivity index (χ0v) is 17.2. The van der Waals surface area contributed by atoms with Crippen LogP contribution in [0.4, 0.5) is 23.7 Å². The summed E-state index contributed by atoms with van der Waals surface area (Å²) in [6, 6.07) is 4.46. The minimum Gasteiger partial charge on any atom is -0.369 e. The van der Waals surface area contributed by atoms with Gasteiger partial charge in [0.25, 0.3) is 0 Å². The monoisotopic (exact) mass is 426 g/mol. The van der Waals surface area contributed by atoms with Crippen molar-refractivity contribution in [3.05, 3.63) is 29.8 Å². The average molecular weight is 426 g/mol. The van der Waals surface area contributed by atoms with Gasteiger partial charge in [0.2, 0.25) is 5.91 Å². The van der Waals surface area contributed by atoms with Crippen LogP contribution < -0.4 is 15.5 Å². The number of imide groups is 1. The maximum absolute atomic E-state index is 12.9. The van der Waals surface area contributed by atoms with E-state index in [1.165, 1.54) is 12.5 Å². The molecule has 1 saturated heterocycles. The number of nitrogens with zero attached hydrogens (tertiary/aromatic N) is 2. The lowest BCUT2D eigenvalue weighted by Gasteiger charge is -2.38. The number of carbonyl (C=O) groups excluding carboxylic acids is 2. The normalized spacial score (nSPS) is 19.9. The van der Waals surface area contributed by atoms with Crippen molar-refractivity contribution >= 4 is 17.6 Å². The first-order valence-corrected chi connectivity index (χ1v) is 10.5. The van der Waals surface area contributed by atoms with E-state index in [1.54, 1.807) is 13.0 Å². The Hall–Kier alpha value is -2.29. The number of piperazine rings is 1. The van der Waals surface area contributed by atoms with Gasteiger partial charge in [-0.05, 0) is 38.0 Å². The van der Waals surface area contributed by atoms with E-state index >= 15 is 0 Å². The molecule has 3 amide bonds. The lowest BCUT2D eigenvalue weighted by molar-refractivity contribution is -0.137. The molecule has 2 N–H and O–H groups in total. The first kappa shape index (κ1) is 22.4. The Bertz CT molecular complexity index is 742. The van der Waals surface area contributed by atoms with Crippen LogP contribution in [0, 0.1) is 0 Å². The van der Waals surface area contributed by atoms with Gasteiger partial charge < -0.3 is 10.2 Å². The highest BCUT2D eigenvalue weighted by Crippen LogP contribution is 2.32. The second-order valence-corrected chi connectivity index (χ2v) is 8.04. The predicted molar refractivity (Wildman–Crippen MR) is 108 cm³/mol. The number of rotatable bonds is 4. The van der Waals surface area contributed by atoms with Gasteiger partial charge in [-0.3, -0.25) is 15.0 Å². The van der Waals surface area contributed by atoms with Gasteiger partial charge in [0, 0.05) is 37.9 Å². The standard InChI is InChI=1S/C21H29F3N4O2/c1-15(19(29)26-20(30)25-17-7-3-2-4-8-17)27-10-12-28(13-11-27)18-9-5-6-16(14-18)21(22,23)24/h5-6,9,14-15,17H,2-4,7-8,10-13H2,1H3,(H2,25,26,29,30)/t15-/m0/s1. The number of urea groups is 1. The predicted octanol–water partition coefficient (Wildman–Crippen LogP) is 3.37. The fourth-order valence-electron chi connectivity index (χ4n) is 4.10. The molecule has 166 valence electrons. The Morgan fingerprint density at radius 1 is 1.07 bits per heavy atom. The van der Waals surface area contributed by atoms with Gasteiger partial charge in [-0.2, -0.15) is 13.2 Å². The van der Waals surface area contributed by atoms with Gasteiger partial charge >= 0.3 is 12.2 Å². The third kappa shape index (κ3) is 5.87. The summed E-state index contributed by atoms with van der Waals surface area (Å²) in [5.41, 5.74) is -0.146. The van der Waals surface area contributed by atoms with Crippen LogP contribution in [0.5, 0.6) is 0 Å². The van der Waals surface area contributed by atoms with E-state index in [4.69, 9.17) is 0 Å². The quantitative estimate of drug-likeness (QED) is 0.775. The molecule has 1 aromatic carbocycles. The molecular formula is C21H29F3N4O2. The second-order valence-electron chi connectivity index (χ2n) is 8.04. The summed E-state index contributed by atoms with van der Waals surface area (Å²) in [6.45, 7) is 3.80. The zero-order valence-electron chi connectivity index (χ0n) is 17.2.